The maximum atomic E-state index is 12.0. The first-order chi connectivity index (χ1) is 8.66. The molecule has 0 saturated carbocycles. The van der Waals surface area contributed by atoms with Crippen LogP contribution in [0.25, 0.3) is 0 Å². The van der Waals surface area contributed by atoms with Crippen molar-refractivity contribution in [2.45, 2.75) is 6.42 Å². The van der Waals surface area contributed by atoms with Crippen molar-refractivity contribution in [3.8, 4) is 0 Å². The Hall–Kier alpha value is -1.47. The third-order valence-corrected chi connectivity index (χ3v) is 3.54. The molecule has 98 valence electrons. The van der Waals surface area contributed by atoms with E-state index < -0.39 is 5.97 Å². The zero-order valence-corrected chi connectivity index (χ0v) is 10.7. The highest BCUT2D eigenvalue weighted by Crippen LogP contribution is 2.09. The predicted molar refractivity (Wildman–Crippen MR) is 66.7 cm³/mol. The van der Waals surface area contributed by atoms with E-state index in [1.807, 2.05) is 0 Å². The summed E-state index contributed by atoms with van der Waals surface area (Å²) in [4.78, 5) is 30.3. The molecule has 1 amide bonds. The summed E-state index contributed by atoms with van der Waals surface area (Å²) in [5.41, 5.74) is 2.15. The van der Waals surface area contributed by atoms with E-state index >= 15 is 0 Å². The van der Waals surface area contributed by atoms with Crippen LogP contribution in [0.2, 0.25) is 0 Å². The standard InChI is InChI=1S/C11H15N3O3S/c15-10(16)1-2-13-3-5-14(6-4-13)11(17)9-7-18-8-12-9/h7-8H,1-6H2,(H,15,16). The van der Waals surface area contributed by atoms with Gasteiger partial charge in [-0.1, -0.05) is 0 Å². The number of piperazine rings is 1. The molecule has 1 N–H and O–H groups in total. The van der Waals surface area contributed by atoms with Gasteiger partial charge < -0.3 is 10.0 Å². The number of carboxylic acids is 1. The summed E-state index contributed by atoms with van der Waals surface area (Å²) < 4.78 is 0. The van der Waals surface area contributed by atoms with Gasteiger partial charge in [-0.15, -0.1) is 11.3 Å². The quantitative estimate of drug-likeness (QED) is 0.855. The average Bonchev–Trinajstić information content (AvgIpc) is 2.90. The van der Waals surface area contributed by atoms with E-state index in [0.717, 1.165) is 13.1 Å². The number of hydrogen-bond donors (Lipinski definition) is 1. The van der Waals surface area contributed by atoms with Crippen LogP contribution in [-0.2, 0) is 4.79 Å². The van der Waals surface area contributed by atoms with Gasteiger partial charge in [0.1, 0.15) is 5.69 Å². The Morgan fingerprint density at radius 2 is 2.06 bits per heavy atom. The molecule has 1 aromatic rings. The van der Waals surface area contributed by atoms with Gasteiger partial charge in [0.05, 0.1) is 11.9 Å². The van der Waals surface area contributed by atoms with E-state index in [1.165, 1.54) is 11.3 Å². The van der Waals surface area contributed by atoms with Crippen molar-refractivity contribution in [3.05, 3.63) is 16.6 Å². The summed E-state index contributed by atoms with van der Waals surface area (Å²) in [6.07, 6.45) is 0.153. The number of carbonyl (C=O) groups is 2. The number of aliphatic carboxylic acids is 1. The molecule has 1 saturated heterocycles. The highest BCUT2D eigenvalue weighted by atomic mass is 32.1. The van der Waals surface area contributed by atoms with E-state index in [2.05, 4.69) is 9.88 Å². The molecule has 0 atom stereocenters. The minimum atomic E-state index is -0.782. The molecule has 18 heavy (non-hydrogen) atoms. The maximum Gasteiger partial charge on any atom is 0.304 e. The molecule has 1 aliphatic heterocycles. The van der Waals surface area contributed by atoms with Gasteiger partial charge in [-0.05, 0) is 0 Å². The number of hydrogen-bond acceptors (Lipinski definition) is 5. The lowest BCUT2D eigenvalue weighted by molar-refractivity contribution is -0.137. The van der Waals surface area contributed by atoms with Crippen molar-refractivity contribution >= 4 is 23.2 Å². The largest absolute Gasteiger partial charge is 0.481 e. The van der Waals surface area contributed by atoms with Crippen LogP contribution in [0.5, 0.6) is 0 Å². The normalized spacial score (nSPS) is 16.8. The number of carboxylic acid groups (broad SMARTS) is 1. The fourth-order valence-corrected chi connectivity index (χ4v) is 2.43. The summed E-state index contributed by atoms with van der Waals surface area (Å²) in [6.45, 7) is 3.27. The molecule has 2 rings (SSSR count). The van der Waals surface area contributed by atoms with Gasteiger partial charge in [-0.3, -0.25) is 14.5 Å². The number of carbonyl (C=O) groups excluding carboxylic acids is 1. The smallest absolute Gasteiger partial charge is 0.304 e. The number of thiazole rings is 1. The van der Waals surface area contributed by atoms with E-state index in [9.17, 15) is 9.59 Å². The molecule has 0 aromatic carbocycles. The first-order valence-corrected chi connectivity index (χ1v) is 6.72. The van der Waals surface area contributed by atoms with Crippen LogP contribution < -0.4 is 0 Å². The molecule has 2 heterocycles. The van der Waals surface area contributed by atoms with Crippen molar-refractivity contribution < 1.29 is 14.7 Å². The van der Waals surface area contributed by atoms with Crippen molar-refractivity contribution in [2.24, 2.45) is 0 Å². The van der Waals surface area contributed by atoms with Crippen LogP contribution in [0.1, 0.15) is 16.9 Å². The summed E-state index contributed by atoms with van der Waals surface area (Å²) in [5.74, 6) is -0.815. The molecule has 0 spiro atoms. The fraction of sp³-hybridized carbons (Fsp3) is 0.545. The first kappa shape index (κ1) is 13.0. The number of nitrogens with zero attached hydrogens (tertiary/aromatic N) is 3. The number of aromatic nitrogens is 1. The number of amides is 1. The average molecular weight is 269 g/mol. The van der Waals surface area contributed by atoms with Crippen LogP contribution in [0.4, 0.5) is 0 Å². The van der Waals surface area contributed by atoms with Gasteiger partial charge >= 0.3 is 5.97 Å². The van der Waals surface area contributed by atoms with Crippen molar-refractivity contribution in [1.82, 2.24) is 14.8 Å². The molecule has 0 unspecified atom stereocenters. The first-order valence-electron chi connectivity index (χ1n) is 5.78. The molecule has 0 aliphatic carbocycles. The lowest BCUT2D eigenvalue weighted by Gasteiger charge is -2.34. The molecule has 7 heteroatoms. The van der Waals surface area contributed by atoms with Crippen molar-refractivity contribution in [3.63, 3.8) is 0 Å². The predicted octanol–water partition coefficient (Wildman–Crippen LogP) is 0.376. The van der Waals surface area contributed by atoms with Crippen LogP contribution >= 0.6 is 11.3 Å². The lowest BCUT2D eigenvalue weighted by Crippen LogP contribution is -2.49. The van der Waals surface area contributed by atoms with Crippen LogP contribution in [-0.4, -0.2) is 64.5 Å². The molecule has 6 nitrogen and oxygen atoms in total. The summed E-state index contributed by atoms with van der Waals surface area (Å²) in [7, 11) is 0. The van der Waals surface area contributed by atoms with Crippen LogP contribution in [0.15, 0.2) is 10.9 Å². The van der Waals surface area contributed by atoms with Crippen LogP contribution in [0.3, 0.4) is 0 Å². The minimum Gasteiger partial charge on any atom is -0.481 e. The Morgan fingerprint density at radius 1 is 1.33 bits per heavy atom. The van der Waals surface area contributed by atoms with Gasteiger partial charge in [-0.2, -0.15) is 0 Å². The molecular formula is C11H15N3O3S. The summed E-state index contributed by atoms with van der Waals surface area (Å²) >= 11 is 1.41. The highest BCUT2D eigenvalue weighted by molar-refractivity contribution is 7.07. The van der Waals surface area contributed by atoms with Crippen molar-refractivity contribution in [2.75, 3.05) is 32.7 Å². The summed E-state index contributed by atoms with van der Waals surface area (Å²) in [6, 6.07) is 0. The Kier molecular flexibility index (Phi) is 4.27. The summed E-state index contributed by atoms with van der Waals surface area (Å²) in [5, 5.41) is 10.4. The van der Waals surface area contributed by atoms with Gasteiger partial charge in [0, 0.05) is 38.1 Å². The second kappa shape index (κ2) is 5.92. The molecular weight excluding hydrogens is 254 g/mol. The van der Waals surface area contributed by atoms with E-state index in [4.69, 9.17) is 5.11 Å². The number of rotatable bonds is 4. The topological polar surface area (TPSA) is 73.7 Å². The lowest BCUT2D eigenvalue weighted by atomic mass is 10.2. The van der Waals surface area contributed by atoms with Gasteiger partial charge in [0.2, 0.25) is 0 Å². The highest BCUT2D eigenvalue weighted by Gasteiger charge is 2.23. The Labute approximate surface area is 109 Å². The second-order valence-corrected chi connectivity index (χ2v) is 4.87. The molecule has 0 radical (unpaired) electrons. The fourth-order valence-electron chi connectivity index (χ4n) is 1.91. The van der Waals surface area contributed by atoms with Crippen LogP contribution in [0, 0.1) is 0 Å². The SMILES string of the molecule is O=C(O)CCN1CCN(C(=O)c2cscn2)CC1. The molecule has 1 aliphatic rings. The van der Waals surface area contributed by atoms with E-state index in [0.29, 0.717) is 25.3 Å². The maximum absolute atomic E-state index is 12.0. The Morgan fingerprint density at radius 3 is 2.61 bits per heavy atom. The van der Waals surface area contributed by atoms with Gasteiger partial charge in [0.25, 0.3) is 5.91 Å². The molecule has 0 bridgehead atoms. The van der Waals surface area contributed by atoms with Gasteiger partial charge in [0.15, 0.2) is 0 Å². The third kappa shape index (κ3) is 3.27. The Bertz CT molecular complexity index is 413. The third-order valence-electron chi connectivity index (χ3n) is 2.95. The zero-order valence-electron chi connectivity index (χ0n) is 9.91. The van der Waals surface area contributed by atoms with Crippen molar-refractivity contribution in [1.29, 1.82) is 0 Å². The molecule has 1 fully saturated rings. The minimum absolute atomic E-state index is 0.0332. The van der Waals surface area contributed by atoms with Gasteiger partial charge in [-0.25, -0.2) is 4.98 Å². The van der Waals surface area contributed by atoms with E-state index in [-0.39, 0.29) is 12.3 Å². The Balaban J connectivity index is 1.80. The molecule has 1 aromatic heterocycles. The second-order valence-electron chi connectivity index (χ2n) is 4.15. The monoisotopic (exact) mass is 269 g/mol. The van der Waals surface area contributed by atoms with E-state index in [1.54, 1.807) is 15.8 Å². The zero-order chi connectivity index (χ0) is 13.0.